The van der Waals surface area contributed by atoms with Gasteiger partial charge in [-0.05, 0) is 30.4 Å². The highest BCUT2D eigenvalue weighted by atomic mass is 16.5. The highest BCUT2D eigenvalue weighted by Crippen LogP contribution is 2.49. The lowest BCUT2D eigenvalue weighted by Crippen LogP contribution is -2.05. The summed E-state index contributed by atoms with van der Waals surface area (Å²) in [4.78, 5) is 11.3. The highest BCUT2D eigenvalue weighted by molar-refractivity contribution is 5.77. The number of hydrogen-bond acceptors (Lipinski definition) is 3. The molecule has 2 rings (SSSR count). The van der Waals surface area contributed by atoms with E-state index in [1.165, 1.54) is 7.11 Å². The van der Waals surface area contributed by atoms with Crippen molar-refractivity contribution in [3.8, 4) is 0 Å². The number of aliphatic hydroxyl groups is 1. The predicted octanol–water partition coefficient (Wildman–Crippen LogP) is 1.76. The van der Waals surface area contributed by atoms with Gasteiger partial charge in [0.1, 0.15) is 0 Å². The van der Waals surface area contributed by atoms with Gasteiger partial charge in [-0.1, -0.05) is 23.8 Å². The molecule has 1 aromatic rings. The van der Waals surface area contributed by atoms with Gasteiger partial charge < -0.3 is 9.84 Å². The van der Waals surface area contributed by atoms with E-state index in [-0.39, 0.29) is 24.4 Å². The second-order valence-electron chi connectivity index (χ2n) is 4.33. The SMILES string of the molecule is COC(=O)C1CC1c1ccc(C)cc1CO. The minimum Gasteiger partial charge on any atom is -0.469 e. The van der Waals surface area contributed by atoms with Crippen molar-refractivity contribution in [2.24, 2.45) is 5.92 Å². The lowest BCUT2D eigenvalue weighted by molar-refractivity contribution is -0.142. The summed E-state index contributed by atoms with van der Waals surface area (Å²) >= 11 is 0. The molecule has 0 aliphatic heterocycles. The van der Waals surface area contributed by atoms with Crippen molar-refractivity contribution >= 4 is 5.97 Å². The fourth-order valence-electron chi connectivity index (χ4n) is 2.18. The normalized spacial score (nSPS) is 22.9. The lowest BCUT2D eigenvalue weighted by Gasteiger charge is -2.07. The summed E-state index contributed by atoms with van der Waals surface area (Å²) in [7, 11) is 1.42. The number of carbonyl (C=O) groups is 1. The summed E-state index contributed by atoms with van der Waals surface area (Å²) in [5.41, 5.74) is 3.14. The molecular weight excluding hydrogens is 204 g/mol. The zero-order valence-corrected chi connectivity index (χ0v) is 9.56. The highest BCUT2D eigenvalue weighted by Gasteiger charge is 2.45. The van der Waals surface area contributed by atoms with E-state index in [0.29, 0.717) is 0 Å². The molecule has 0 saturated heterocycles. The van der Waals surface area contributed by atoms with Gasteiger partial charge in [0.05, 0.1) is 19.6 Å². The fourth-order valence-corrected chi connectivity index (χ4v) is 2.18. The van der Waals surface area contributed by atoms with Crippen LogP contribution >= 0.6 is 0 Å². The molecule has 0 spiro atoms. The molecule has 0 bridgehead atoms. The van der Waals surface area contributed by atoms with Crippen molar-refractivity contribution in [3.63, 3.8) is 0 Å². The number of aliphatic hydroxyl groups excluding tert-OH is 1. The summed E-state index contributed by atoms with van der Waals surface area (Å²) in [6.45, 7) is 2.02. The fraction of sp³-hybridized carbons (Fsp3) is 0.462. The first-order valence-electron chi connectivity index (χ1n) is 5.45. The maximum Gasteiger partial charge on any atom is 0.309 e. The molecule has 1 aliphatic rings. The van der Waals surface area contributed by atoms with E-state index in [0.717, 1.165) is 23.1 Å². The van der Waals surface area contributed by atoms with E-state index in [1.54, 1.807) is 0 Å². The van der Waals surface area contributed by atoms with Gasteiger partial charge in [-0.2, -0.15) is 0 Å². The van der Waals surface area contributed by atoms with E-state index in [2.05, 4.69) is 0 Å². The molecule has 2 atom stereocenters. The molecule has 1 fully saturated rings. The predicted molar refractivity (Wildman–Crippen MR) is 60.0 cm³/mol. The van der Waals surface area contributed by atoms with Crippen LogP contribution in [0.3, 0.4) is 0 Å². The van der Waals surface area contributed by atoms with Crippen LogP contribution in [0.25, 0.3) is 0 Å². The Hall–Kier alpha value is -1.35. The molecule has 2 unspecified atom stereocenters. The van der Waals surface area contributed by atoms with E-state index >= 15 is 0 Å². The molecule has 0 amide bonds. The van der Waals surface area contributed by atoms with Crippen molar-refractivity contribution in [3.05, 3.63) is 34.9 Å². The molecule has 86 valence electrons. The first-order valence-corrected chi connectivity index (χ1v) is 5.45. The molecular formula is C13H16O3. The Morgan fingerprint density at radius 3 is 2.94 bits per heavy atom. The van der Waals surface area contributed by atoms with Crippen molar-refractivity contribution in [2.75, 3.05) is 7.11 Å². The van der Waals surface area contributed by atoms with Gasteiger partial charge in [-0.25, -0.2) is 0 Å². The number of ether oxygens (including phenoxy) is 1. The van der Waals surface area contributed by atoms with E-state index in [9.17, 15) is 9.90 Å². The van der Waals surface area contributed by atoms with Crippen LogP contribution in [-0.2, 0) is 16.1 Å². The number of benzene rings is 1. The van der Waals surface area contributed by atoms with Crippen LogP contribution in [0.4, 0.5) is 0 Å². The maximum atomic E-state index is 11.3. The molecule has 1 saturated carbocycles. The molecule has 1 aromatic carbocycles. The smallest absolute Gasteiger partial charge is 0.309 e. The average Bonchev–Trinajstić information content (AvgIpc) is 3.07. The van der Waals surface area contributed by atoms with Gasteiger partial charge in [-0.3, -0.25) is 4.79 Å². The summed E-state index contributed by atoms with van der Waals surface area (Å²) in [6.07, 6.45) is 0.836. The largest absolute Gasteiger partial charge is 0.469 e. The van der Waals surface area contributed by atoms with Crippen molar-refractivity contribution in [2.45, 2.75) is 25.9 Å². The number of carbonyl (C=O) groups excluding carboxylic acids is 1. The van der Waals surface area contributed by atoms with Crippen LogP contribution in [0.5, 0.6) is 0 Å². The Labute approximate surface area is 95.0 Å². The first kappa shape index (κ1) is 11.1. The van der Waals surface area contributed by atoms with Gasteiger partial charge in [0, 0.05) is 0 Å². The summed E-state index contributed by atoms with van der Waals surface area (Å²) in [6, 6.07) is 6.00. The van der Waals surface area contributed by atoms with Gasteiger partial charge in [0.2, 0.25) is 0 Å². The molecule has 16 heavy (non-hydrogen) atoms. The average molecular weight is 220 g/mol. The summed E-state index contributed by atoms with van der Waals surface area (Å²) in [5.74, 6) is 0.0719. The van der Waals surface area contributed by atoms with Crippen LogP contribution in [0, 0.1) is 12.8 Å². The number of methoxy groups -OCH3 is 1. The van der Waals surface area contributed by atoms with Crippen LogP contribution in [0.2, 0.25) is 0 Å². The summed E-state index contributed by atoms with van der Waals surface area (Å²) < 4.78 is 4.72. The third-order valence-corrected chi connectivity index (χ3v) is 3.16. The van der Waals surface area contributed by atoms with Crippen molar-refractivity contribution < 1.29 is 14.6 Å². The topological polar surface area (TPSA) is 46.5 Å². The summed E-state index contributed by atoms with van der Waals surface area (Å²) in [5, 5.41) is 9.29. The number of rotatable bonds is 3. The minimum atomic E-state index is -0.144. The zero-order valence-electron chi connectivity index (χ0n) is 9.56. The van der Waals surface area contributed by atoms with Crippen LogP contribution < -0.4 is 0 Å². The number of esters is 1. The number of hydrogen-bond donors (Lipinski definition) is 1. The van der Waals surface area contributed by atoms with Crippen molar-refractivity contribution in [1.29, 1.82) is 0 Å². The van der Waals surface area contributed by atoms with Gasteiger partial charge in [0.15, 0.2) is 0 Å². The first-order chi connectivity index (χ1) is 7.67. The monoisotopic (exact) mass is 220 g/mol. The van der Waals surface area contributed by atoms with Crippen LogP contribution in [0.15, 0.2) is 18.2 Å². The Balaban J connectivity index is 2.20. The molecule has 1 N–H and O–H groups in total. The van der Waals surface area contributed by atoms with E-state index in [1.807, 2.05) is 25.1 Å². The van der Waals surface area contributed by atoms with Crippen LogP contribution in [0.1, 0.15) is 29.0 Å². The third-order valence-electron chi connectivity index (χ3n) is 3.16. The molecule has 0 radical (unpaired) electrons. The van der Waals surface area contributed by atoms with Crippen LogP contribution in [-0.4, -0.2) is 18.2 Å². The molecule has 1 aliphatic carbocycles. The second kappa shape index (κ2) is 4.26. The quantitative estimate of drug-likeness (QED) is 0.789. The van der Waals surface area contributed by atoms with Crippen molar-refractivity contribution in [1.82, 2.24) is 0 Å². The molecule has 3 nitrogen and oxygen atoms in total. The lowest BCUT2D eigenvalue weighted by atomic mass is 10.00. The minimum absolute atomic E-state index is 0.0157. The standard InChI is InChI=1S/C13H16O3/c1-8-3-4-10(9(5-8)7-14)11-6-12(11)13(15)16-2/h3-5,11-12,14H,6-7H2,1-2H3. The van der Waals surface area contributed by atoms with E-state index < -0.39 is 0 Å². The van der Waals surface area contributed by atoms with E-state index in [4.69, 9.17) is 4.74 Å². The second-order valence-corrected chi connectivity index (χ2v) is 4.33. The number of aryl methyl sites for hydroxylation is 1. The Bertz CT molecular complexity index is 412. The Morgan fingerprint density at radius 1 is 1.56 bits per heavy atom. The molecule has 3 heteroatoms. The Morgan fingerprint density at radius 2 is 2.31 bits per heavy atom. The van der Waals surface area contributed by atoms with Gasteiger partial charge in [-0.15, -0.1) is 0 Å². The third kappa shape index (κ3) is 1.95. The molecule has 0 aromatic heterocycles. The Kier molecular flexibility index (Phi) is 2.97. The molecule has 0 heterocycles. The van der Waals surface area contributed by atoms with Gasteiger partial charge >= 0.3 is 5.97 Å². The maximum absolute atomic E-state index is 11.3. The zero-order chi connectivity index (χ0) is 11.7. The van der Waals surface area contributed by atoms with Gasteiger partial charge in [0.25, 0.3) is 0 Å².